The lowest BCUT2D eigenvalue weighted by Crippen LogP contribution is -2.11. The van der Waals surface area contributed by atoms with Gasteiger partial charge < -0.3 is 10.5 Å². The quantitative estimate of drug-likeness (QED) is 0.633. The Morgan fingerprint density at radius 3 is 2.45 bits per heavy atom. The van der Waals surface area contributed by atoms with Crippen molar-refractivity contribution < 1.29 is 13.2 Å². The third-order valence-corrected chi connectivity index (χ3v) is 3.46. The first-order chi connectivity index (χ1) is 10.4. The number of ether oxygens (including phenoxy) is 1. The number of nitrogen functional groups attached to an aromatic ring is 1. The van der Waals surface area contributed by atoms with Crippen molar-refractivity contribution in [3.05, 3.63) is 12.4 Å². The van der Waals surface area contributed by atoms with Gasteiger partial charge in [-0.05, 0) is 0 Å². The molecule has 0 saturated carbocycles. The normalized spacial score (nSPS) is 11.7. The standard InChI is InChI=1S/C10H10N8O3S/c1-21-9-12-3-5(4-13-9)6-14-8-16-10(22(2,19)20)15-7(11)18(8)17-6/h3-4H,1-2H3,(H2,11,14,15,16,17). The summed E-state index contributed by atoms with van der Waals surface area (Å²) in [6, 6.07) is 0.200. The number of nitrogens with two attached hydrogens (primary N) is 1. The van der Waals surface area contributed by atoms with E-state index in [1.54, 1.807) is 0 Å². The summed E-state index contributed by atoms with van der Waals surface area (Å²) in [5.74, 6) is 0.103. The van der Waals surface area contributed by atoms with Crippen molar-refractivity contribution in [2.45, 2.75) is 5.16 Å². The summed E-state index contributed by atoms with van der Waals surface area (Å²) >= 11 is 0. The van der Waals surface area contributed by atoms with Crippen LogP contribution >= 0.6 is 0 Å². The third kappa shape index (κ3) is 2.39. The largest absolute Gasteiger partial charge is 0.467 e. The highest BCUT2D eigenvalue weighted by atomic mass is 32.2. The highest BCUT2D eigenvalue weighted by molar-refractivity contribution is 7.90. The van der Waals surface area contributed by atoms with Gasteiger partial charge in [0, 0.05) is 18.6 Å². The van der Waals surface area contributed by atoms with Crippen LogP contribution in [-0.4, -0.2) is 56.3 Å². The minimum atomic E-state index is -3.61. The van der Waals surface area contributed by atoms with Crippen molar-refractivity contribution in [2.24, 2.45) is 0 Å². The topological polar surface area (TPSA) is 151 Å². The molecule has 3 rings (SSSR count). The number of sulfone groups is 1. The van der Waals surface area contributed by atoms with Crippen LogP contribution in [0, 0.1) is 0 Å². The van der Waals surface area contributed by atoms with Crippen LogP contribution in [-0.2, 0) is 9.84 Å². The van der Waals surface area contributed by atoms with Crippen LogP contribution in [0.5, 0.6) is 6.01 Å². The van der Waals surface area contributed by atoms with Crippen molar-refractivity contribution in [1.29, 1.82) is 0 Å². The fraction of sp³-hybridized carbons (Fsp3) is 0.200. The van der Waals surface area contributed by atoms with Crippen molar-refractivity contribution in [2.75, 3.05) is 19.1 Å². The van der Waals surface area contributed by atoms with Gasteiger partial charge in [0.2, 0.25) is 15.8 Å². The first-order valence-corrected chi connectivity index (χ1v) is 7.74. The minimum Gasteiger partial charge on any atom is -0.467 e. The summed E-state index contributed by atoms with van der Waals surface area (Å²) in [6.45, 7) is 0. The maximum absolute atomic E-state index is 11.5. The number of methoxy groups -OCH3 is 1. The number of hydrogen-bond donors (Lipinski definition) is 1. The summed E-state index contributed by atoms with van der Waals surface area (Å²) < 4.78 is 29.0. The fourth-order valence-corrected chi connectivity index (χ4v) is 2.12. The summed E-state index contributed by atoms with van der Waals surface area (Å²) in [5, 5.41) is 3.69. The predicted octanol–water partition coefficient (Wildman–Crippen LogP) is -1.03. The first-order valence-electron chi connectivity index (χ1n) is 5.85. The van der Waals surface area contributed by atoms with E-state index < -0.39 is 15.0 Å². The molecule has 0 amide bonds. The van der Waals surface area contributed by atoms with Gasteiger partial charge in [-0.1, -0.05) is 0 Å². The maximum Gasteiger partial charge on any atom is 0.316 e. The van der Waals surface area contributed by atoms with E-state index in [1.165, 1.54) is 19.5 Å². The Kier molecular flexibility index (Phi) is 3.09. The maximum atomic E-state index is 11.5. The zero-order chi connectivity index (χ0) is 15.9. The van der Waals surface area contributed by atoms with Crippen LogP contribution in [0.15, 0.2) is 17.6 Å². The first kappa shape index (κ1) is 14.1. The number of nitrogens with zero attached hydrogens (tertiary/aromatic N) is 7. The Labute approximate surface area is 124 Å². The average molecular weight is 322 g/mol. The predicted molar refractivity (Wildman–Crippen MR) is 73.7 cm³/mol. The molecule has 0 aliphatic heterocycles. The molecule has 0 radical (unpaired) electrons. The monoisotopic (exact) mass is 322 g/mol. The number of fused-ring (bicyclic) bond motifs is 1. The lowest BCUT2D eigenvalue weighted by Gasteiger charge is -1.99. The van der Waals surface area contributed by atoms with Gasteiger partial charge in [-0.3, -0.25) is 0 Å². The molecule has 0 unspecified atom stereocenters. The molecule has 2 N–H and O–H groups in total. The molecule has 22 heavy (non-hydrogen) atoms. The summed E-state index contributed by atoms with van der Waals surface area (Å²) in [7, 11) is -2.16. The molecule has 0 saturated heterocycles. The molecule has 3 aromatic rings. The van der Waals surface area contributed by atoms with E-state index in [0.717, 1.165) is 10.8 Å². The highest BCUT2D eigenvalue weighted by Crippen LogP contribution is 2.16. The van der Waals surface area contributed by atoms with Gasteiger partial charge in [-0.2, -0.15) is 19.5 Å². The van der Waals surface area contributed by atoms with E-state index in [0.29, 0.717) is 5.56 Å². The Bertz CT molecular complexity index is 950. The van der Waals surface area contributed by atoms with E-state index in [1.807, 2.05) is 0 Å². The Morgan fingerprint density at radius 1 is 1.18 bits per heavy atom. The van der Waals surface area contributed by atoms with Crippen molar-refractivity contribution in [3.63, 3.8) is 0 Å². The summed E-state index contributed by atoms with van der Waals surface area (Å²) in [4.78, 5) is 19.5. The lowest BCUT2D eigenvalue weighted by molar-refractivity contribution is 0.380. The van der Waals surface area contributed by atoms with Gasteiger partial charge in [0.05, 0.1) is 12.7 Å². The van der Waals surface area contributed by atoms with E-state index in [-0.39, 0.29) is 23.6 Å². The number of aromatic nitrogens is 7. The number of rotatable bonds is 3. The molecule has 0 atom stereocenters. The van der Waals surface area contributed by atoms with Crippen LogP contribution in [0.25, 0.3) is 17.2 Å². The molecule has 0 fully saturated rings. The fourth-order valence-electron chi connectivity index (χ4n) is 1.61. The Hall–Kier alpha value is -2.89. The molecular formula is C10H10N8O3S. The average Bonchev–Trinajstić information content (AvgIpc) is 2.91. The molecule has 12 heteroatoms. The van der Waals surface area contributed by atoms with Gasteiger partial charge in [-0.25, -0.2) is 18.4 Å². The molecular weight excluding hydrogens is 312 g/mol. The van der Waals surface area contributed by atoms with E-state index in [4.69, 9.17) is 10.5 Å². The summed E-state index contributed by atoms with van der Waals surface area (Å²) in [6.07, 6.45) is 3.90. The minimum absolute atomic E-state index is 0.0127. The van der Waals surface area contributed by atoms with Crippen LogP contribution in [0.3, 0.4) is 0 Å². The molecule has 3 aromatic heterocycles. The molecule has 11 nitrogen and oxygen atoms in total. The molecule has 0 spiro atoms. The second-order valence-electron chi connectivity index (χ2n) is 4.24. The zero-order valence-corrected chi connectivity index (χ0v) is 12.3. The third-order valence-electron chi connectivity index (χ3n) is 2.61. The summed E-state index contributed by atoms with van der Waals surface area (Å²) in [5.41, 5.74) is 6.18. The zero-order valence-electron chi connectivity index (χ0n) is 11.5. The Balaban J connectivity index is 2.14. The van der Waals surface area contributed by atoms with Gasteiger partial charge in [0.15, 0.2) is 5.82 Å². The van der Waals surface area contributed by atoms with E-state index >= 15 is 0 Å². The molecule has 3 heterocycles. The highest BCUT2D eigenvalue weighted by Gasteiger charge is 2.18. The van der Waals surface area contributed by atoms with Crippen LogP contribution < -0.4 is 10.5 Å². The van der Waals surface area contributed by atoms with Crippen LogP contribution in [0.1, 0.15) is 0 Å². The molecule has 114 valence electrons. The van der Waals surface area contributed by atoms with Crippen LogP contribution in [0.2, 0.25) is 0 Å². The molecule has 0 aliphatic rings. The van der Waals surface area contributed by atoms with Crippen molar-refractivity contribution >= 4 is 21.6 Å². The molecule has 0 aromatic carbocycles. The van der Waals surface area contributed by atoms with Gasteiger partial charge in [0.25, 0.3) is 10.9 Å². The number of anilines is 1. The molecule has 0 aliphatic carbocycles. The van der Waals surface area contributed by atoms with Gasteiger partial charge >= 0.3 is 6.01 Å². The number of hydrogen-bond acceptors (Lipinski definition) is 10. The Morgan fingerprint density at radius 2 is 1.86 bits per heavy atom. The van der Waals surface area contributed by atoms with Crippen LogP contribution in [0.4, 0.5) is 5.95 Å². The SMILES string of the molecule is COc1ncc(-c2nc3nc(S(C)(=O)=O)nc(N)n3n2)cn1. The lowest BCUT2D eigenvalue weighted by atomic mass is 10.3. The van der Waals surface area contributed by atoms with Crippen molar-refractivity contribution in [3.8, 4) is 17.4 Å². The second kappa shape index (κ2) is 4.84. The van der Waals surface area contributed by atoms with E-state index in [9.17, 15) is 8.42 Å². The van der Waals surface area contributed by atoms with Crippen molar-refractivity contribution in [1.82, 2.24) is 34.5 Å². The van der Waals surface area contributed by atoms with E-state index in [2.05, 4.69) is 30.0 Å². The smallest absolute Gasteiger partial charge is 0.316 e. The molecule has 0 bridgehead atoms. The van der Waals surface area contributed by atoms with Gasteiger partial charge in [-0.15, -0.1) is 5.10 Å². The second-order valence-corrected chi connectivity index (χ2v) is 6.15. The van der Waals surface area contributed by atoms with Gasteiger partial charge in [0.1, 0.15) is 0 Å².